The molecule has 0 saturated carbocycles. The minimum atomic E-state index is -1.75. The van der Waals surface area contributed by atoms with Crippen molar-refractivity contribution >= 4 is 17.6 Å². The lowest BCUT2D eigenvalue weighted by molar-refractivity contribution is -0.135. The molecular weight excluding hydrogens is 344 g/mol. The van der Waals surface area contributed by atoms with Crippen LogP contribution in [-0.2, 0) is 15.3 Å². The lowest BCUT2D eigenvalue weighted by atomic mass is 9.96. The van der Waals surface area contributed by atoms with Crippen LogP contribution in [0.25, 0.3) is 0 Å². The van der Waals surface area contributed by atoms with Gasteiger partial charge in [0.25, 0.3) is 5.91 Å². The maximum atomic E-state index is 13.1. The van der Waals surface area contributed by atoms with E-state index in [1.807, 2.05) is 32.0 Å². The van der Waals surface area contributed by atoms with E-state index in [1.165, 1.54) is 0 Å². The SMILES string of the molecule is CCOC(=O)C1=NN(C(=O)c2cccc(C)c2)C(O)(c2ccc(C)cc2)C1. The summed E-state index contributed by atoms with van der Waals surface area (Å²) in [5.74, 6) is -1.12. The fourth-order valence-electron chi connectivity index (χ4n) is 3.03. The van der Waals surface area contributed by atoms with Crippen LogP contribution in [0.3, 0.4) is 0 Å². The van der Waals surface area contributed by atoms with Gasteiger partial charge >= 0.3 is 5.97 Å². The zero-order valence-electron chi connectivity index (χ0n) is 15.6. The third-order valence-electron chi connectivity index (χ3n) is 4.47. The normalized spacial score (nSPS) is 19.0. The summed E-state index contributed by atoms with van der Waals surface area (Å²) < 4.78 is 5.01. The first-order valence-corrected chi connectivity index (χ1v) is 8.80. The molecule has 3 rings (SSSR count). The van der Waals surface area contributed by atoms with Gasteiger partial charge in [0, 0.05) is 11.1 Å². The van der Waals surface area contributed by atoms with Gasteiger partial charge in [-0.15, -0.1) is 0 Å². The van der Waals surface area contributed by atoms with E-state index in [0.717, 1.165) is 16.1 Å². The van der Waals surface area contributed by atoms with E-state index >= 15 is 0 Å². The Hall–Kier alpha value is -2.99. The van der Waals surface area contributed by atoms with E-state index in [1.54, 1.807) is 37.3 Å². The van der Waals surface area contributed by atoms with Crippen molar-refractivity contribution in [1.82, 2.24) is 5.01 Å². The van der Waals surface area contributed by atoms with E-state index in [9.17, 15) is 14.7 Å². The Balaban J connectivity index is 2.04. The molecule has 1 heterocycles. The third kappa shape index (κ3) is 3.61. The molecule has 0 spiro atoms. The molecule has 0 aromatic heterocycles. The molecule has 0 fully saturated rings. The Bertz CT molecular complexity index is 905. The number of hydrazone groups is 1. The van der Waals surface area contributed by atoms with Crippen molar-refractivity contribution in [1.29, 1.82) is 0 Å². The Labute approximate surface area is 158 Å². The van der Waals surface area contributed by atoms with Crippen LogP contribution in [0.4, 0.5) is 0 Å². The molecule has 6 heteroatoms. The highest BCUT2D eigenvalue weighted by Crippen LogP contribution is 2.37. The zero-order valence-corrected chi connectivity index (χ0v) is 15.6. The van der Waals surface area contributed by atoms with Crippen LogP contribution in [-0.4, -0.2) is 34.3 Å². The number of aliphatic hydroxyl groups is 1. The highest BCUT2D eigenvalue weighted by molar-refractivity contribution is 6.37. The Morgan fingerprint density at radius 1 is 1.15 bits per heavy atom. The highest BCUT2D eigenvalue weighted by atomic mass is 16.5. The minimum absolute atomic E-state index is 0.0147. The number of rotatable bonds is 4. The van der Waals surface area contributed by atoms with Crippen LogP contribution in [0.5, 0.6) is 0 Å². The summed E-state index contributed by atoms with van der Waals surface area (Å²) in [5, 5.41) is 16.5. The fraction of sp³-hybridized carbons (Fsp3) is 0.286. The maximum absolute atomic E-state index is 13.1. The van der Waals surface area contributed by atoms with E-state index in [4.69, 9.17) is 4.74 Å². The van der Waals surface area contributed by atoms with Gasteiger partial charge in [0.2, 0.25) is 0 Å². The number of benzene rings is 2. The van der Waals surface area contributed by atoms with Gasteiger partial charge in [0.1, 0.15) is 0 Å². The average Bonchev–Trinajstić information content (AvgIpc) is 3.00. The number of carbonyl (C=O) groups is 2. The summed E-state index contributed by atoms with van der Waals surface area (Å²) in [5.41, 5.74) is 1.06. The van der Waals surface area contributed by atoms with Crippen LogP contribution in [0.15, 0.2) is 53.6 Å². The van der Waals surface area contributed by atoms with Crippen molar-refractivity contribution in [2.45, 2.75) is 32.9 Å². The van der Waals surface area contributed by atoms with Gasteiger partial charge < -0.3 is 9.84 Å². The van der Waals surface area contributed by atoms with Crippen molar-refractivity contribution in [3.8, 4) is 0 Å². The molecule has 1 amide bonds. The van der Waals surface area contributed by atoms with E-state index in [0.29, 0.717) is 11.1 Å². The number of carbonyl (C=O) groups excluding carboxylic acids is 2. The van der Waals surface area contributed by atoms with Crippen LogP contribution in [0, 0.1) is 13.8 Å². The summed E-state index contributed by atoms with van der Waals surface area (Å²) in [6.45, 7) is 5.68. The second-order valence-corrected chi connectivity index (χ2v) is 6.61. The first-order chi connectivity index (χ1) is 12.8. The van der Waals surface area contributed by atoms with Crippen LogP contribution < -0.4 is 0 Å². The monoisotopic (exact) mass is 366 g/mol. The van der Waals surface area contributed by atoms with Gasteiger partial charge in [0.15, 0.2) is 11.4 Å². The molecule has 1 aliphatic rings. The molecule has 2 aromatic carbocycles. The van der Waals surface area contributed by atoms with Crippen molar-refractivity contribution in [2.24, 2.45) is 5.10 Å². The van der Waals surface area contributed by atoms with Crippen molar-refractivity contribution in [3.05, 3.63) is 70.8 Å². The van der Waals surface area contributed by atoms with Gasteiger partial charge in [-0.2, -0.15) is 10.1 Å². The second kappa shape index (κ2) is 7.32. The minimum Gasteiger partial charge on any atom is -0.461 e. The molecule has 1 atom stereocenters. The molecule has 0 aliphatic carbocycles. The first-order valence-electron chi connectivity index (χ1n) is 8.80. The first kappa shape index (κ1) is 18.8. The molecule has 0 saturated heterocycles. The summed E-state index contributed by atoms with van der Waals surface area (Å²) in [6, 6.07) is 14.2. The Morgan fingerprint density at radius 3 is 2.48 bits per heavy atom. The third-order valence-corrected chi connectivity index (χ3v) is 4.47. The second-order valence-electron chi connectivity index (χ2n) is 6.61. The number of amides is 1. The van der Waals surface area contributed by atoms with Crippen molar-refractivity contribution in [2.75, 3.05) is 6.61 Å². The van der Waals surface area contributed by atoms with Gasteiger partial charge in [-0.3, -0.25) is 4.79 Å². The van der Waals surface area contributed by atoms with E-state index in [-0.39, 0.29) is 18.7 Å². The standard InChI is InChI=1S/C21H22N2O4/c1-4-27-20(25)18-13-21(26,17-10-8-14(2)9-11-17)23(22-18)19(24)16-7-5-6-15(3)12-16/h5-12,26H,4,13H2,1-3H3. The van der Waals surface area contributed by atoms with E-state index < -0.39 is 17.6 Å². The van der Waals surface area contributed by atoms with E-state index in [2.05, 4.69) is 5.10 Å². The van der Waals surface area contributed by atoms with Crippen LogP contribution >= 0.6 is 0 Å². The average molecular weight is 366 g/mol. The molecule has 0 radical (unpaired) electrons. The van der Waals surface area contributed by atoms with Crippen molar-refractivity contribution < 1.29 is 19.4 Å². The number of hydrogen-bond acceptors (Lipinski definition) is 5. The molecule has 0 bridgehead atoms. The molecule has 2 aromatic rings. The van der Waals surface area contributed by atoms with Crippen molar-refractivity contribution in [3.63, 3.8) is 0 Å². The largest absolute Gasteiger partial charge is 0.461 e. The lowest BCUT2D eigenvalue weighted by Gasteiger charge is -2.31. The maximum Gasteiger partial charge on any atom is 0.354 e. The van der Waals surface area contributed by atoms with Gasteiger partial charge in [-0.25, -0.2) is 4.79 Å². The van der Waals surface area contributed by atoms with Crippen LogP contribution in [0.2, 0.25) is 0 Å². The van der Waals surface area contributed by atoms with Gasteiger partial charge in [0.05, 0.1) is 13.0 Å². The molecule has 6 nitrogen and oxygen atoms in total. The van der Waals surface area contributed by atoms with Gasteiger partial charge in [-0.05, 0) is 32.9 Å². The van der Waals surface area contributed by atoms with Gasteiger partial charge in [-0.1, -0.05) is 47.5 Å². The fourth-order valence-corrected chi connectivity index (χ4v) is 3.03. The number of aryl methyl sites for hydroxylation is 2. The summed E-state index contributed by atoms with van der Waals surface area (Å²) >= 11 is 0. The zero-order chi connectivity index (χ0) is 19.6. The Morgan fingerprint density at radius 2 is 1.85 bits per heavy atom. The molecule has 27 heavy (non-hydrogen) atoms. The smallest absolute Gasteiger partial charge is 0.354 e. The molecule has 1 aliphatic heterocycles. The number of nitrogens with zero attached hydrogens (tertiary/aromatic N) is 2. The topological polar surface area (TPSA) is 79.2 Å². The number of esters is 1. The predicted molar refractivity (Wildman–Crippen MR) is 101 cm³/mol. The summed E-state index contributed by atoms with van der Waals surface area (Å²) in [7, 11) is 0. The molecule has 1 N–H and O–H groups in total. The Kier molecular flexibility index (Phi) is 5.10. The summed E-state index contributed by atoms with van der Waals surface area (Å²) in [6.07, 6.45) is -0.132. The quantitative estimate of drug-likeness (QED) is 0.844. The highest BCUT2D eigenvalue weighted by Gasteiger charge is 2.48. The van der Waals surface area contributed by atoms with Crippen LogP contribution in [0.1, 0.15) is 40.4 Å². The molecule has 140 valence electrons. The predicted octanol–water partition coefficient (Wildman–Crippen LogP) is 2.91. The number of hydrogen-bond donors (Lipinski definition) is 1. The number of ether oxygens (including phenoxy) is 1. The molecule has 1 unspecified atom stereocenters. The molecular formula is C21H22N2O4. The summed E-state index contributed by atoms with van der Waals surface area (Å²) in [4.78, 5) is 25.3. The lowest BCUT2D eigenvalue weighted by Crippen LogP contribution is -2.43.